The third kappa shape index (κ3) is 7.99. The van der Waals surface area contributed by atoms with E-state index in [1.54, 1.807) is 14.2 Å². The molecule has 2 saturated heterocycles. The van der Waals surface area contributed by atoms with Crippen molar-refractivity contribution in [3.05, 3.63) is 59.2 Å². The summed E-state index contributed by atoms with van der Waals surface area (Å²) >= 11 is 0. The largest absolute Gasteiger partial charge is 0.490 e. The molecule has 0 spiro atoms. The number of amides is 1. The molecule has 1 aliphatic carbocycles. The SMILES string of the molecule is COCCCN1CCOc2ccc(CO[C@H]3CNC[C@@H](CNC(=O)[C@@H]4[C@@H]5COC[C@@H]54)[C@@H]3c3ccc(COCCOC)cc3)cc21. The number of methoxy groups -OCH3 is 2. The molecule has 0 bridgehead atoms. The van der Waals surface area contributed by atoms with Crippen molar-refractivity contribution in [2.45, 2.75) is 31.7 Å². The number of rotatable bonds is 16. The Morgan fingerprint density at radius 3 is 2.58 bits per heavy atom. The lowest BCUT2D eigenvalue weighted by molar-refractivity contribution is -0.124. The molecule has 2 aromatic rings. The van der Waals surface area contributed by atoms with Crippen LogP contribution >= 0.6 is 0 Å². The predicted molar refractivity (Wildman–Crippen MR) is 171 cm³/mol. The van der Waals surface area contributed by atoms with Crippen LogP contribution < -0.4 is 20.3 Å². The topological polar surface area (TPSA) is 99.8 Å². The van der Waals surface area contributed by atoms with Crippen molar-refractivity contribution in [3.63, 3.8) is 0 Å². The summed E-state index contributed by atoms with van der Waals surface area (Å²) in [6, 6.07) is 15.1. The van der Waals surface area contributed by atoms with Gasteiger partial charge in [-0.1, -0.05) is 30.3 Å². The number of piperidine rings is 1. The van der Waals surface area contributed by atoms with Crippen LogP contribution in [0.5, 0.6) is 5.75 Å². The van der Waals surface area contributed by atoms with Crippen LogP contribution in [0.2, 0.25) is 0 Å². The Labute approximate surface area is 267 Å². The third-order valence-electron chi connectivity index (χ3n) is 9.74. The molecule has 10 nitrogen and oxygen atoms in total. The standard InChI is InChI=1S/C35H49N3O7/c1-40-12-3-10-38-11-13-44-31-9-6-25(16-30(31)38)21-45-32-19-36-17-27(18-37-35(39)34-28-22-43-23-29(28)34)33(32)26-7-4-24(5-8-26)20-42-15-14-41-2/h4-9,16,27-29,32-34,36H,3,10-15,17-23H2,1-2H3,(H,37,39)/t27-,28-,29+,32-,33-,34-/m0/s1. The third-order valence-corrected chi connectivity index (χ3v) is 9.74. The molecule has 4 aliphatic rings. The highest BCUT2D eigenvalue weighted by atomic mass is 16.5. The number of fused-ring (bicyclic) bond motifs is 2. The van der Waals surface area contributed by atoms with Crippen LogP contribution in [-0.4, -0.2) is 98.6 Å². The van der Waals surface area contributed by atoms with Crippen molar-refractivity contribution < 1.29 is 33.2 Å². The molecule has 3 fully saturated rings. The van der Waals surface area contributed by atoms with E-state index in [0.717, 1.165) is 61.8 Å². The van der Waals surface area contributed by atoms with Crippen molar-refractivity contribution in [2.24, 2.45) is 23.7 Å². The fourth-order valence-electron chi connectivity index (χ4n) is 7.21. The molecule has 10 heteroatoms. The van der Waals surface area contributed by atoms with Gasteiger partial charge in [-0.25, -0.2) is 0 Å². The lowest BCUT2D eigenvalue weighted by Crippen LogP contribution is -2.50. The fraction of sp³-hybridized carbons (Fsp3) is 0.629. The molecular weight excluding hydrogens is 574 g/mol. The second kappa shape index (κ2) is 15.7. The number of hydrogen-bond acceptors (Lipinski definition) is 9. The maximum Gasteiger partial charge on any atom is 0.223 e. The number of carbonyl (C=O) groups excluding carboxylic acids is 1. The fourth-order valence-corrected chi connectivity index (χ4v) is 7.21. The van der Waals surface area contributed by atoms with Gasteiger partial charge in [-0.3, -0.25) is 4.79 Å². The van der Waals surface area contributed by atoms with Gasteiger partial charge in [0, 0.05) is 58.8 Å². The molecule has 1 amide bonds. The highest BCUT2D eigenvalue weighted by Crippen LogP contribution is 2.50. The zero-order valence-electron chi connectivity index (χ0n) is 26.7. The van der Waals surface area contributed by atoms with Gasteiger partial charge in [0.25, 0.3) is 0 Å². The van der Waals surface area contributed by atoms with E-state index in [1.807, 2.05) is 0 Å². The van der Waals surface area contributed by atoms with Crippen molar-refractivity contribution in [3.8, 4) is 5.75 Å². The summed E-state index contributed by atoms with van der Waals surface area (Å²) in [6.45, 7) is 9.04. The van der Waals surface area contributed by atoms with E-state index in [4.69, 9.17) is 28.4 Å². The van der Waals surface area contributed by atoms with E-state index in [1.165, 1.54) is 5.56 Å². The van der Waals surface area contributed by atoms with E-state index < -0.39 is 0 Å². The molecule has 2 N–H and O–H groups in total. The van der Waals surface area contributed by atoms with Crippen LogP contribution in [0.15, 0.2) is 42.5 Å². The first-order chi connectivity index (χ1) is 22.2. The molecule has 3 aliphatic heterocycles. The van der Waals surface area contributed by atoms with Gasteiger partial charge in [0.1, 0.15) is 12.4 Å². The predicted octanol–water partition coefficient (Wildman–Crippen LogP) is 2.98. The zero-order chi connectivity index (χ0) is 31.0. The Kier molecular flexibility index (Phi) is 11.2. The Balaban J connectivity index is 1.13. The zero-order valence-corrected chi connectivity index (χ0v) is 26.7. The molecule has 6 rings (SSSR count). The summed E-state index contributed by atoms with van der Waals surface area (Å²) < 4.78 is 34.3. The van der Waals surface area contributed by atoms with Crippen molar-refractivity contribution in [1.82, 2.24) is 10.6 Å². The first-order valence-electron chi connectivity index (χ1n) is 16.5. The molecule has 2 aromatic carbocycles. The number of nitrogens with one attached hydrogen (secondary N) is 2. The Morgan fingerprint density at radius 2 is 1.78 bits per heavy atom. The molecule has 0 aromatic heterocycles. The summed E-state index contributed by atoms with van der Waals surface area (Å²) in [5.41, 5.74) is 4.59. The smallest absolute Gasteiger partial charge is 0.223 e. The van der Waals surface area contributed by atoms with Crippen LogP contribution in [0.4, 0.5) is 5.69 Å². The van der Waals surface area contributed by atoms with Gasteiger partial charge in [0.05, 0.1) is 58.0 Å². The molecule has 0 unspecified atom stereocenters. The van der Waals surface area contributed by atoms with Gasteiger partial charge in [-0.2, -0.15) is 0 Å². The first kappa shape index (κ1) is 32.2. The minimum Gasteiger partial charge on any atom is -0.490 e. The molecule has 6 atom stereocenters. The van der Waals surface area contributed by atoms with Crippen LogP contribution in [0.3, 0.4) is 0 Å². The monoisotopic (exact) mass is 623 g/mol. The van der Waals surface area contributed by atoms with E-state index in [2.05, 4.69) is 58.0 Å². The average molecular weight is 624 g/mol. The van der Waals surface area contributed by atoms with Gasteiger partial charge in [-0.05, 0) is 53.0 Å². The maximum absolute atomic E-state index is 13.1. The second-order valence-corrected chi connectivity index (χ2v) is 12.7. The van der Waals surface area contributed by atoms with Crippen molar-refractivity contribution in [2.75, 3.05) is 91.5 Å². The number of anilines is 1. The molecule has 246 valence electrons. The van der Waals surface area contributed by atoms with Gasteiger partial charge in [0.2, 0.25) is 5.91 Å². The van der Waals surface area contributed by atoms with Gasteiger partial charge in [-0.15, -0.1) is 0 Å². The molecule has 3 heterocycles. The minimum atomic E-state index is -0.0525. The average Bonchev–Trinajstić information content (AvgIpc) is 3.56. The van der Waals surface area contributed by atoms with E-state index in [0.29, 0.717) is 64.6 Å². The number of benzene rings is 2. The number of nitrogens with zero attached hydrogens (tertiary/aromatic N) is 1. The quantitative estimate of drug-likeness (QED) is 0.274. The molecular formula is C35H49N3O7. The van der Waals surface area contributed by atoms with E-state index >= 15 is 0 Å². The van der Waals surface area contributed by atoms with Crippen LogP contribution in [0, 0.1) is 23.7 Å². The lowest BCUT2D eigenvalue weighted by Gasteiger charge is -2.39. The molecule has 0 radical (unpaired) electrons. The number of hydrogen-bond donors (Lipinski definition) is 2. The van der Waals surface area contributed by atoms with Gasteiger partial charge in [0.15, 0.2) is 0 Å². The van der Waals surface area contributed by atoms with Crippen LogP contribution in [0.1, 0.15) is 29.0 Å². The van der Waals surface area contributed by atoms with Crippen molar-refractivity contribution in [1.29, 1.82) is 0 Å². The van der Waals surface area contributed by atoms with E-state index in [-0.39, 0.29) is 29.8 Å². The summed E-state index contributed by atoms with van der Waals surface area (Å²) in [4.78, 5) is 15.4. The second-order valence-electron chi connectivity index (χ2n) is 12.7. The molecule has 45 heavy (non-hydrogen) atoms. The van der Waals surface area contributed by atoms with Crippen molar-refractivity contribution >= 4 is 11.6 Å². The highest BCUT2D eigenvalue weighted by molar-refractivity contribution is 5.82. The van der Waals surface area contributed by atoms with Gasteiger partial charge < -0.3 is 44.0 Å². The Bertz CT molecular complexity index is 1230. The van der Waals surface area contributed by atoms with Crippen LogP contribution in [0.25, 0.3) is 0 Å². The van der Waals surface area contributed by atoms with Crippen LogP contribution in [-0.2, 0) is 41.7 Å². The maximum atomic E-state index is 13.1. The highest BCUT2D eigenvalue weighted by Gasteiger charge is 2.58. The normalized spacial score (nSPS) is 27.0. The Morgan fingerprint density at radius 1 is 0.978 bits per heavy atom. The number of carbonyl (C=O) groups is 1. The summed E-state index contributed by atoms with van der Waals surface area (Å²) in [5.74, 6) is 2.33. The summed E-state index contributed by atoms with van der Waals surface area (Å²) in [6.07, 6.45) is 0.918. The Hall–Kier alpha value is -2.73. The molecule has 1 saturated carbocycles. The lowest BCUT2D eigenvalue weighted by atomic mass is 9.78. The van der Waals surface area contributed by atoms with E-state index in [9.17, 15) is 4.79 Å². The van der Waals surface area contributed by atoms with Gasteiger partial charge >= 0.3 is 0 Å². The first-order valence-corrected chi connectivity index (χ1v) is 16.5. The minimum absolute atomic E-state index is 0.0525. The number of ether oxygens (including phenoxy) is 6. The summed E-state index contributed by atoms with van der Waals surface area (Å²) in [5, 5.41) is 6.90. The summed E-state index contributed by atoms with van der Waals surface area (Å²) in [7, 11) is 3.42.